The monoisotopic (exact) mass is 292 g/mol. The molecular weight excluding hydrogens is 278 g/mol. The molecule has 19 heavy (non-hydrogen) atoms. The highest BCUT2D eigenvalue weighted by molar-refractivity contribution is 7.90. The van der Waals surface area contributed by atoms with Crippen LogP contribution < -0.4 is 0 Å². The molecule has 1 N–H and O–H groups in total. The standard InChI is InChI=1S/C12H14F2O4S/c1-12(2,6-10(15)16)8-4-7(13)5-9(11(8)14)19(3,17)18/h4-5H,6H2,1-3H3,(H,15,16). The summed E-state index contributed by atoms with van der Waals surface area (Å²) < 4.78 is 50.4. The molecule has 0 unspecified atom stereocenters. The minimum absolute atomic E-state index is 0.268. The normalized spacial score (nSPS) is 12.5. The molecule has 106 valence electrons. The molecule has 0 saturated carbocycles. The van der Waals surface area contributed by atoms with Crippen molar-refractivity contribution in [1.82, 2.24) is 0 Å². The Balaban J connectivity index is 3.54. The molecule has 0 radical (unpaired) electrons. The molecule has 0 bridgehead atoms. The Morgan fingerprint density at radius 2 is 1.84 bits per heavy atom. The van der Waals surface area contributed by atoms with Crippen molar-refractivity contribution in [1.29, 1.82) is 0 Å². The lowest BCUT2D eigenvalue weighted by Crippen LogP contribution is -2.24. The van der Waals surface area contributed by atoms with E-state index in [4.69, 9.17) is 5.11 Å². The molecule has 0 atom stereocenters. The number of carboxylic acid groups (broad SMARTS) is 1. The third-order valence-corrected chi connectivity index (χ3v) is 3.82. The fourth-order valence-electron chi connectivity index (χ4n) is 1.80. The van der Waals surface area contributed by atoms with Crippen molar-refractivity contribution in [3.63, 3.8) is 0 Å². The molecule has 7 heteroatoms. The Hall–Kier alpha value is -1.50. The molecule has 0 amide bonds. The van der Waals surface area contributed by atoms with E-state index in [9.17, 15) is 22.0 Å². The van der Waals surface area contributed by atoms with Crippen molar-refractivity contribution in [3.8, 4) is 0 Å². The summed E-state index contributed by atoms with van der Waals surface area (Å²) >= 11 is 0. The summed E-state index contributed by atoms with van der Waals surface area (Å²) in [4.78, 5) is 9.97. The van der Waals surface area contributed by atoms with E-state index in [0.717, 1.165) is 12.3 Å². The average Bonchev–Trinajstić information content (AvgIpc) is 2.17. The summed E-state index contributed by atoms with van der Waals surface area (Å²) in [5.74, 6) is -3.21. The number of halogens is 2. The molecule has 0 aliphatic rings. The van der Waals surface area contributed by atoms with Gasteiger partial charge in [0.1, 0.15) is 16.5 Å². The second-order valence-electron chi connectivity index (χ2n) is 4.99. The molecule has 1 aromatic carbocycles. The van der Waals surface area contributed by atoms with Gasteiger partial charge in [-0.1, -0.05) is 13.8 Å². The lowest BCUT2D eigenvalue weighted by Gasteiger charge is -2.24. The van der Waals surface area contributed by atoms with Crippen LogP contribution >= 0.6 is 0 Å². The zero-order valence-corrected chi connectivity index (χ0v) is 11.5. The zero-order valence-electron chi connectivity index (χ0n) is 10.7. The second-order valence-corrected chi connectivity index (χ2v) is 6.98. The van der Waals surface area contributed by atoms with Crippen molar-refractivity contribution in [2.45, 2.75) is 30.6 Å². The van der Waals surface area contributed by atoms with Crippen LogP contribution in [0.4, 0.5) is 8.78 Å². The highest BCUT2D eigenvalue weighted by Crippen LogP contribution is 2.32. The number of hydrogen-bond acceptors (Lipinski definition) is 3. The van der Waals surface area contributed by atoms with Gasteiger partial charge in [0.05, 0.1) is 6.42 Å². The number of hydrogen-bond donors (Lipinski definition) is 1. The molecule has 0 spiro atoms. The molecule has 0 aliphatic heterocycles. The average molecular weight is 292 g/mol. The lowest BCUT2D eigenvalue weighted by molar-refractivity contribution is -0.138. The maximum Gasteiger partial charge on any atom is 0.304 e. The predicted molar refractivity (Wildman–Crippen MR) is 64.7 cm³/mol. The van der Waals surface area contributed by atoms with Crippen LogP contribution in [0.3, 0.4) is 0 Å². The fourth-order valence-corrected chi connectivity index (χ4v) is 2.56. The van der Waals surface area contributed by atoms with Gasteiger partial charge < -0.3 is 5.11 Å². The van der Waals surface area contributed by atoms with Crippen LogP contribution in [-0.4, -0.2) is 25.7 Å². The van der Waals surface area contributed by atoms with E-state index in [0.29, 0.717) is 6.07 Å². The van der Waals surface area contributed by atoms with Crippen LogP contribution in [0, 0.1) is 11.6 Å². The van der Waals surface area contributed by atoms with E-state index in [1.807, 2.05) is 0 Å². The van der Waals surface area contributed by atoms with Crippen molar-refractivity contribution in [2.75, 3.05) is 6.26 Å². The Morgan fingerprint density at radius 1 is 1.32 bits per heavy atom. The van der Waals surface area contributed by atoms with Crippen LogP contribution in [0.25, 0.3) is 0 Å². The van der Waals surface area contributed by atoms with Gasteiger partial charge in [-0.25, -0.2) is 17.2 Å². The van der Waals surface area contributed by atoms with E-state index in [1.165, 1.54) is 13.8 Å². The highest BCUT2D eigenvalue weighted by atomic mass is 32.2. The number of rotatable bonds is 4. The van der Waals surface area contributed by atoms with Gasteiger partial charge in [0.25, 0.3) is 0 Å². The molecule has 0 heterocycles. The molecule has 0 fully saturated rings. The van der Waals surface area contributed by atoms with Gasteiger partial charge in [-0.2, -0.15) is 0 Å². The Kier molecular flexibility index (Phi) is 4.00. The van der Waals surface area contributed by atoms with E-state index in [1.54, 1.807) is 0 Å². The molecule has 0 aromatic heterocycles. The molecule has 0 aliphatic carbocycles. The van der Waals surface area contributed by atoms with Gasteiger partial charge in [-0.05, 0) is 17.7 Å². The largest absolute Gasteiger partial charge is 0.481 e. The predicted octanol–water partition coefficient (Wildman–Crippen LogP) is 2.12. The van der Waals surface area contributed by atoms with Gasteiger partial charge >= 0.3 is 5.97 Å². The first-order valence-electron chi connectivity index (χ1n) is 5.36. The number of carboxylic acids is 1. The van der Waals surface area contributed by atoms with E-state index in [-0.39, 0.29) is 5.56 Å². The van der Waals surface area contributed by atoms with E-state index >= 15 is 0 Å². The molecule has 4 nitrogen and oxygen atoms in total. The van der Waals surface area contributed by atoms with Crippen molar-refractivity contribution >= 4 is 15.8 Å². The molecule has 1 rings (SSSR count). The smallest absolute Gasteiger partial charge is 0.304 e. The van der Waals surface area contributed by atoms with Crippen molar-refractivity contribution in [2.24, 2.45) is 0 Å². The first-order chi connectivity index (χ1) is 8.45. The summed E-state index contributed by atoms with van der Waals surface area (Å²) in [7, 11) is -3.93. The van der Waals surface area contributed by atoms with Crippen LogP contribution in [0.15, 0.2) is 17.0 Å². The quantitative estimate of drug-likeness (QED) is 0.922. The summed E-state index contributed by atoms with van der Waals surface area (Å²) in [6.07, 6.45) is 0.315. The zero-order chi connectivity index (χ0) is 15.0. The first kappa shape index (κ1) is 15.6. The maximum atomic E-state index is 14.2. The third-order valence-electron chi connectivity index (χ3n) is 2.73. The SMILES string of the molecule is CC(C)(CC(=O)O)c1cc(F)cc(S(C)(=O)=O)c1F. The number of benzene rings is 1. The van der Waals surface area contributed by atoms with Crippen LogP contribution in [0.2, 0.25) is 0 Å². The minimum Gasteiger partial charge on any atom is -0.481 e. The Morgan fingerprint density at radius 3 is 2.26 bits per heavy atom. The number of sulfone groups is 1. The van der Waals surface area contributed by atoms with E-state index in [2.05, 4.69) is 0 Å². The molecule has 0 saturated heterocycles. The fraction of sp³-hybridized carbons (Fsp3) is 0.417. The van der Waals surface area contributed by atoms with Crippen LogP contribution in [0.5, 0.6) is 0 Å². The van der Waals surface area contributed by atoms with Gasteiger partial charge in [0.2, 0.25) is 0 Å². The number of aliphatic carboxylic acids is 1. The lowest BCUT2D eigenvalue weighted by atomic mass is 9.81. The summed E-state index contributed by atoms with van der Waals surface area (Å²) in [5.41, 5.74) is -1.49. The Labute approximate surface area is 110 Å². The molecular formula is C12H14F2O4S. The topological polar surface area (TPSA) is 71.4 Å². The van der Waals surface area contributed by atoms with Gasteiger partial charge in [0.15, 0.2) is 9.84 Å². The van der Waals surface area contributed by atoms with Gasteiger partial charge in [-0.3, -0.25) is 4.79 Å². The second kappa shape index (κ2) is 4.88. The van der Waals surface area contributed by atoms with Gasteiger partial charge in [-0.15, -0.1) is 0 Å². The van der Waals surface area contributed by atoms with Crippen molar-refractivity contribution < 1.29 is 27.1 Å². The van der Waals surface area contributed by atoms with E-state index < -0.39 is 44.2 Å². The van der Waals surface area contributed by atoms with Crippen LogP contribution in [0.1, 0.15) is 25.8 Å². The summed E-state index contributed by atoms with van der Waals surface area (Å²) in [5, 5.41) is 8.77. The van der Waals surface area contributed by atoms with Gasteiger partial charge in [0, 0.05) is 11.7 Å². The third kappa shape index (κ3) is 3.50. The maximum absolute atomic E-state index is 14.2. The van der Waals surface area contributed by atoms with Crippen molar-refractivity contribution in [3.05, 3.63) is 29.3 Å². The highest BCUT2D eigenvalue weighted by Gasteiger charge is 2.31. The minimum atomic E-state index is -3.93. The van der Waals surface area contributed by atoms with Crippen LogP contribution in [-0.2, 0) is 20.0 Å². The summed E-state index contributed by atoms with van der Waals surface area (Å²) in [6, 6.07) is 1.41. The first-order valence-corrected chi connectivity index (χ1v) is 7.25. The summed E-state index contributed by atoms with van der Waals surface area (Å²) in [6.45, 7) is 2.82. The Bertz CT molecular complexity index is 621. The molecule has 1 aromatic rings. The number of carbonyl (C=O) groups is 1.